The Labute approximate surface area is 129 Å². The highest BCUT2D eigenvalue weighted by atomic mass is 32.2. The molecule has 0 amide bonds. The summed E-state index contributed by atoms with van der Waals surface area (Å²) in [6.07, 6.45) is 1.16. The van der Waals surface area contributed by atoms with Gasteiger partial charge in [0.25, 0.3) is 0 Å². The lowest BCUT2D eigenvalue weighted by Crippen LogP contribution is -2.09. The zero-order valence-corrected chi connectivity index (χ0v) is 12.8. The molecule has 0 N–H and O–H groups in total. The topological polar surface area (TPSA) is 76.4 Å². The minimum atomic E-state index is -3.19. The van der Waals surface area contributed by atoms with Crippen LogP contribution in [0.2, 0.25) is 0 Å². The highest BCUT2D eigenvalue weighted by Gasteiger charge is 2.06. The SMILES string of the molecule is CS(=O)(=O)c1ccc(OCCOc2ccc(C#N)cc2)cc1. The second-order valence-corrected chi connectivity index (χ2v) is 6.59. The lowest BCUT2D eigenvalue weighted by atomic mass is 10.2. The van der Waals surface area contributed by atoms with Gasteiger partial charge in [-0.05, 0) is 48.5 Å². The maximum atomic E-state index is 11.3. The quantitative estimate of drug-likeness (QED) is 0.765. The summed E-state index contributed by atoms with van der Waals surface area (Å²) >= 11 is 0. The lowest BCUT2D eigenvalue weighted by molar-refractivity contribution is 0.217. The van der Waals surface area contributed by atoms with Gasteiger partial charge < -0.3 is 9.47 Å². The molecular formula is C16H15NO4S. The normalized spacial score (nSPS) is 10.7. The van der Waals surface area contributed by atoms with Gasteiger partial charge in [0.15, 0.2) is 9.84 Å². The van der Waals surface area contributed by atoms with E-state index in [0.717, 1.165) is 6.26 Å². The zero-order valence-electron chi connectivity index (χ0n) is 12.0. The minimum Gasteiger partial charge on any atom is -0.490 e. The van der Waals surface area contributed by atoms with Crippen LogP contribution in [0.4, 0.5) is 0 Å². The third-order valence-electron chi connectivity index (χ3n) is 2.86. The molecule has 0 aromatic heterocycles. The second kappa shape index (κ2) is 6.96. The Morgan fingerprint density at radius 2 is 1.36 bits per heavy atom. The predicted octanol–water partition coefficient (Wildman–Crippen LogP) is 2.42. The van der Waals surface area contributed by atoms with E-state index < -0.39 is 9.84 Å². The van der Waals surface area contributed by atoms with Crippen molar-refractivity contribution in [2.45, 2.75) is 4.90 Å². The summed E-state index contributed by atoms with van der Waals surface area (Å²) in [5.74, 6) is 1.24. The molecule has 0 unspecified atom stereocenters. The minimum absolute atomic E-state index is 0.258. The van der Waals surface area contributed by atoms with Crippen LogP contribution in [0, 0.1) is 11.3 Å². The number of ether oxygens (including phenoxy) is 2. The fourth-order valence-corrected chi connectivity index (χ4v) is 2.36. The van der Waals surface area contributed by atoms with Gasteiger partial charge in [-0.3, -0.25) is 0 Å². The predicted molar refractivity (Wildman–Crippen MR) is 81.7 cm³/mol. The van der Waals surface area contributed by atoms with Crippen LogP contribution < -0.4 is 9.47 Å². The Morgan fingerprint density at radius 1 is 0.909 bits per heavy atom. The summed E-state index contributed by atoms with van der Waals surface area (Å²) < 4.78 is 33.6. The summed E-state index contributed by atoms with van der Waals surface area (Å²) in [4.78, 5) is 0.258. The average molecular weight is 317 g/mol. The highest BCUT2D eigenvalue weighted by molar-refractivity contribution is 7.90. The van der Waals surface area contributed by atoms with Gasteiger partial charge >= 0.3 is 0 Å². The first kappa shape index (κ1) is 15.9. The van der Waals surface area contributed by atoms with Gasteiger partial charge in [0.2, 0.25) is 0 Å². The molecule has 0 aliphatic rings. The number of hydrogen-bond acceptors (Lipinski definition) is 5. The van der Waals surface area contributed by atoms with Crippen LogP contribution >= 0.6 is 0 Å². The highest BCUT2D eigenvalue weighted by Crippen LogP contribution is 2.16. The van der Waals surface area contributed by atoms with E-state index in [2.05, 4.69) is 0 Å². The van der Waals surface area contributed by atoms with Crippen molar-refractivity contribution in [1.29, 1.82) is 5.26 Å². The van der Waals surface area contributed by atoms with Crippen LogP contribution in [0.15, 0.2) is 53.4 Å². The smallest absolute Gasteiger partial charge is 0.175 e. The summed E-state index contributed by atoms with van der Waals surface area (Å²) in [5, 5.41) is 8.69. The lowest BCUT2D eigenvalue weighted by Gasteiger charge is -2.08. The van der Waals surface area contributed by atoms with Crippen molar-refractivity contribution in [1.82, 2.24) is 0 Å². The van der Waals surface area contributed by atoms with Crippen molar-refractivity contribution < 1.29 is 17.9 Å². The number of hydrogen-bond donors (Lipinski definition) is 0. The maximum Gasteiger partial charge on any atom is 0.175 e. The van der Waals surface area contributed by atoms with Gasteiger partial charge in [0.1, 0.15) is 24.7 Å². The van der Waals surface area contributed by atoms with E-state index in [9.17, 15) is 8.42 Å². The van der Waals surface area contributed by atoms with Gasteiger partial charge in [0.05, 0.1) is 16.5 Å². The van der Waals surface area contributed by atoms with Gasteiger partial charge in [-0.1, -0.05) is 0 Å². The standard InChI is InChI=1S/C16H15NO4S/c1-22(18,19)16-8-6-15(7-9-16)21-11-10-20-14-4-2-13(12-17)3-5-14/h2-9H,10-11H2,1H3. The van der Waals surface area contributed by atoms with E-state index in [0.29, 0.717) is 30.3 Å². The molecular weight excluding hydrogens is 302 g/mol. The Kier molecular flexibility index (Phi) is 5.02. The van der Waals surface area contributed by atoms with E-state index >= 15 is 0 Å². The monoisotopic (exact) mass is 317 g/mol. The third-order valence-corrected chi connectivity index (χ3v) is 3.98. The summed E-state index contributed by atoms with van der Waals surface area (Å²) in [6, 6.07) is 15.1. The van der Waals surface area contributed by atoms with Crippen molar-refractivity contribution in [2.75, 3.05) is 19.5 Å². The van der Waals surface area contributed by atoms with Crippen molar-refractivity contribution >= 4 is 9.84 Å². The number of rotatable bonds is 6. The van der Waals surface area contributed by atoms with E-state index in [4.69, 9.17) is 14.7 Å². The molecule has 0 radical (unpaired) electrons. The zero-order chi connectivity index (χ0) is 16.0. The number of nitrogens with zero attached hydrogens (tertiary/aromatic N) is 1. The molecule has 0 heterocycles. The van der Waals surface area contributed by atoms with Gasteiger partial charge in [-0.15, -0.1) is 0 Å². The van der Waals surface area contributed by atoms with E-state index in [-0.39, 0.29) is 4.90 Å². The van der Waals surface area contributed by atoms with Crippen molar-refractivity contribution in [2.24, 2.45) is 0 Å². The van der Waals surface area contributed by atoms with E-state index in [1.165, 1.54) is 12.1 Å². The van der Waals surface area contributed by atoms with Gasteiger partial charge in [-0.25, -0.2) is 8.42 Å². The number of nitriles is 1. The van der Waals surface area contributed by atoms with Gasteiger partial charge in [-0.2, -0.15) is 5.26 Å². The molecule has 0 bridgehead atoms. The van der Waals surface area contributed by atoms with Crippen LogP contribution in [0.5, 0.6) is 11.5 Å². The van der Waals surface area contributed by atoms with Crippen molar-refractivity contribution in [3.8, 4) is 17.6 Å². The molecule has 2 aromatic carbocycles. The molecule has 2 rings (SSSR count). The average Bonchev–Trinajstić information content (AvgIpc) is 2.52. The van der Waals surface area contributed by atoms with Crippen LogP contribution in [0.3, 0.4) is 0 Å². The maximum absolute atomic E-state index is 11.3. The van der Waals surface area contributed by atoms with Gasteiger partial charge in [0, 0.05) is 6.26 Å². The van der Waals surface area contributed by atoms with Crippen LogP contribution in [0.1, 0.15) is 5.56 Å². The third kappa shape index (κ3) is 4.50. The Balaban J connectivity index is 1.80. The first-order valence-electron chi connectivity index (χ1n) is 6.55. The van der Waals surface area contributed by atoms with Crippen LogP contribution in [-0.4, -0.2) is 27.9 Å². The molecule has 22 heavy (non-hydrogen) atoms. The first-order valence-corrected chi connectivity index (χ1v) is 8.44. The number of sulfone groups is 1. The van der Waals surface area contributed by atoms with Crippen molar-refractivity contribution in [3.05, 3.63) is 54.1 Å². The molecule has 0 atom stereocenters. The summed E-state index contributed by atoms with van der Waals surface area (Å²) in [7, 11) is -3.19. The molecule has 0 aliphatic carbocycles. The van der Waals surface area contributed by atoms with E-state index in [1.807, 2.05) is 6.07 Å². The summed E-state index contributed by atoms with van der Waals surface area (Å²) in [6.45, 7) is 0.679. The second-order valence-electron chi connectivity index (χ2n) is 4.58. The molecule has 0 saturated heterocycles. The molecule has 0 aliphatic heterocycles. The largest absolute Gasteiger partial charge is 0.490 e. The molecule has 114 valence electrons. The van der Waals surface area contributed by atoms with Crippen LogP contribution in [-0.2, 0) is 9.84 Å². The Bertz CT molecular complexity index is 759. The fraction of sp³-hybridized carbons (Fsp3) is 0.188. The fourth-order valence-electron chi connectivity index (χ4n) is 1.73. The first-order chi connectivity index (χ1) is 10.5. The molecule has 2 aromatic rings. The molecule has 6 heteroatoms. The van der Waals surface area contributed by atoms with Crippen LogP contribution in [0.25, 0.3) is 0 Å². The van der Waals surface area contributed by atoms with E-state index in [1.54, 1.807) is 36.4 Å². The van der Waals surface area contributed by atoms with Crippen molar-refractivity contribution in [3.63, 3.8) is 0 Å². The number of benzene rings is 2. The molecule has 5 nitrogen and oxygen atoms in total. The molecule has 0 fully saturated rings. The Morgan fingerprint density at radius 3 is 1.77 bits per heavy atom. The Hall–Kier alpha value is -2.52. The molecule has 0 spiro atoms. The summed E-state index contributed by atoms with van der Waals surface area (Å²) in [5.41, 5.74) is 0.578. The molecule has 0 saturated carbocycles.